The molecule has 19 heavy (non-hydrogen) atoms. The largest absolute Gasteiger partial charge is 0.343 e. The molecule has 0 unspecified atom stereocenters. The van der Waals surface area contributed by atoms with Crippen LogP contribution in [0.2, 0.25) is 0 Å². The lowest BCUT2D eigenvalue weighted by molar-refractivity contribution is -0.132. The molecule has 2 rings (SSSR count). The Morgan fingerprint density at radius 3 is 2.42 bits per heavy atom. The Labute approximate surface area is 116 Å². The fraction of sp³-hybridized carbons (Fsp3) is 0.562. The van der Waals surface area contributed by atoms with Gasteiger partial charge in [-0.3, -0.25) is 4.79 Å². The van der Waals surface area contributed by atoms with Gasteiger partial charge in [-0.1, -0.05) is 30.3 Å². The minimum Gasteiger partial charge on any atom is -0.343 e. The van der Waals surface area contributed by atoms with E-state index in [9.17, 15) is 4.79 Å². The van der Waals surface area contributed by atoms with Gasteiger partial charge in [-0.15, -0.1) is 0 Å². The van der Waals surface area contributed by atoms with Crippen molar-refractivity contribution < 1.29 is 4.79 Å². The molecule has 0 spiro atoms. The molecule has 0 radical (unpaired) electrons. The SMILES string of the molecule is CN(C)C1CCN(C(=O)CCc2ccccc2)CC1. The molecule has 1 amide bonds. The number of aryl methyl sites for hydroxylation is 1. The van der Waals surface area contributed by atoms with Gasteiger partial charge in [0.2, 0.25) is 5.91 Å². The lowest BCUT2D eigenvalue weighted by Gasteiger charge is -2.35. The van der Waals surface area contributed by atoms with Gasteiger partial charge >= 0.3 is 0 Å². The fourth-order valence-corrected chi connectivity index (χ4v) is 2.69. The molecule has 0 bridgehead atoms. The third-order valence-corrected chi connectivity index (χ3v) is 4.02. The number of amides is 1. The van der Waals surface area contributed by atoms with Gasteiger partial charge in [0.25, 0.3) is 0 Å². The zero-order valence-electron chi connectivity index (χ0n) is 12.0. The monoisotopic (exact) mass is 260 g/mol. The molecule has 1 aliphatic rings. The van der Waals surface area contributed by atoms with Gasteiger partial charge in [-0.25, -0.2) is 0 Å². The number of piperidine rings is 1. The zero-order chi connectivity index (χ0) is 13.7. The number of hydrogen-bond acceptors (Lipinski definition) is 2. The Bertz CT molecular complexity index is 394. The Balaban J connectivity index is 1.76. The van der Waals surface area contributed by atoms with E-state index in [1.54, 1.807) is 0 Å². The molecule has 1 aliphatic heterocycles. The number of benzene rings is 1. The van der Waals surface area contributed by atoms with Crippen LogP contribution in [0.1, 0.15) is 24.8 Å². The third kappa shape index (κ3) is 4.06. The van der Waals surface area contributed by atoms with E-state index in [0.717, 1.165) is 32.4 Å². The van der Waals surface area contributed by atoms with Crippen molar-refractivity contribution in [3.63, 3.8) is 0 Å². The van der Waals surface area contributed by atoms with Crippen molar-refractivity contribution in [3.05, 3.63) is 35.9 Å². The lowest BCUT2D eigenvalue weighted by Crippen LogP contribution is -2.44. The van der Waals surface area contributed by atoms with Gasteiger partial charge in [0.15, 0.2) is 0 Å². The van der Waals surface area contributed by atoms with Crippen LogP contribution in [0.15, 0.2) is 30.3 Å². The maximum Gasteiger partial charge on any atom is 0.222 e. The Kier molecular flexibility index (Phi) is 4.97. The highest BCUT2D eigenvalue weighted by Gasteiger charge is 2.23. The van der Waals surface area contributed by atoms with Crippen molar-refractivity contribution in [1.29, 1.82) is 0 Å². The average Bonchev–Trinajstić information content (AvgIpc) is 2.46. The van der Waals surface area contributed by atoms with Crippen LogP contribution in [0.5, 0.6) is 0 Å². The normalized spacial score (nSPS) is 16.9. The van der Waals surface area contributed by atoms with E-state index in [4.69, 9.17) is 0 Å². The molecule has 0 atom stereocenters. The van der Waals surface area contributed by atoms with Crippen LogP contribution < -0.4 is 0 Å². The van der Waals surface area contributed by atoms with Crippen molar-refractivity contribution in [3.8, 4) is 0 Å². The quantitative estimate of drug-likeness (QED) is 0.828. The van der Waals surface area contributed by atoms with E-state index in [2.05, 4.69) is 31.1 Å². The van der Waals surface area contributed by atoms with E-state index in [1.165, 1.54) is 5.56 Å². The number of nitrogens with zero attached hydrogens (tertiary/aromatic N) is 2. The molecule has 0 aromatic heterocycles. The van der Waals surface area contributed by atoms with Crippen molar-refractivity contribution in [2.75, 3.05) is 27.2 Å². The first kappa shape index (κ1) is 14.1. The summed E-state index contributed by atoms with van der Waals surface area (Å²) in [4.78, 5) is 16.5. The number of hydrogen-bond donors (Lipinski definition) is 0. The molecule has 0 aliphatic carbocycles. The van der Waals surface area contributed by atoms with Gasteiger partial charge in [0.1, 0.15) is 0 Å². The Morgan fingerprint density at radius 2 is 1.84 bits per heavy atom. The van der Waals surface area contributed by atoms with Crippen LogP contribution in [0.25, 0.3) is 0 Å². The van der Waals surface area contributed by atoms with E-state index in [1.807, 2.05) is 23.1 Å². The van der Waals surface area contributed by atoms with E-state index < -0.39 is 0 Å². The van der Waals surface area contributed by atoms with Crippen molar-refractivity contribution in [2.45, 2.75) is 31.7 Å². The van der Waals surface area contributed by atoms with Gasteiger partial charge in [0.05, 0.1) is 0 Å². The summed E-state index contributed by atoms with van der Waals surface area (Å²) in [6.45, 7) is 1.83. The van der Waals surface area contributed by atoms with Crippen molar-refractivity contribution >= 4 is 5.91 Å². The van der Waals surface area contributed by atoms with E-state index in [0.29, 0.717) is 18.4 Å². The molecule has 104 valence electrons. The summed E-state index contributed by atoms with van der Waals surface area (Å²) in [5.41, 5.74) is 1.25. The standard InChI is InChI=1S/C16H24N2O/c1-17(2)15-10-12-18(13-11-15)16(19)9-8-14-6-4-3-5-7-14/h3-7,15H,8-13H2,1-2H3. The number of rotatable bonds is 4. The first-order valence-electron chi connectivity index (χ1n) is 7.15. The molecular weight excluding hydrogens is 236 g/mol. The van der Waals surface area contributed by atoms with Gasteiger partial charge in [-0.05, 0) is 38.9 Å². The van der Waals surface area contributed by atoms with Crippen molar-refractivity contribution in [1.82, 2.24) is 9.80 Å². The Hall–Kier alpha value is -1.35. The summed E-state index contributed by atoms with van der Waals surface area (Å²) in [6, 6.07) is 10.9. The topological polar surface area (TPSA) is 23.6 Å². The van der Waals surface area contributed by atoms with Crippen LogP contribution in [0.4, 0.5) is 0 Å². The molecule has 1 fully saturated rings. The summed E-state index contributed by atoms with van der Waals surface area (Å²) in [6.07, 6.45) is 3.69. The van der Waals surface area contributed by atoms with Gasteiger partial charge in [0, 0.05) is 25.6 Å². The highest BCUT2D eigenvalue weighted by Crippen LogP contribution is 2.15. The van der Waals surface area contributed by atoms with Gasteiger partial charge in [-0.2, -0.15) is 0 Å². The first-order chi connectivity index (χ1) is 9.16. The minimum absolute atomic E-state index is 0.307. The smallest absolute Gasteiger partial charge is 0.222 e. The summed E-state index contributed by atoms with van der Waals surface area (Å²) < 4.78 is 0. The predicted octanol–water partition coefficient (Wildman–Crippen LogP) is 2.17. The fourth-order valence-electron chi connectivity index (χ4n) is 2.69. The molecule has 1 aromatic carbocycles. The summed E-state index contributed by atoms with van der Waals surface area (Å²) in [7, 11) is 4.25. The van der Waals surface area contributed by atoms with Crippen LogP contribution in [-0.2, 0) is 11.2 Å². The summed E-state index contributed by atoms with van der Waals surface area (Å²) in [5.74, 6) is 0.307. The van der Waals surface area contributed by atoms with Crippen LogP contribution in [0, 0.1) is 0 Å². The molecule has 1 heterocycles. The minimum atomic E-state index is 0.307. The highest BCUT2D eigenvalue weighted by atomic mass is 16.2. The molecule has 0 saturated carbocycles. The second-order valence-corrected chi connectivity index (χ2v) is 5.56. The summed E-state index contributed by atoms with van der Waals surface area (Å²) >= 11 is 0. The maximum absolute atomic E-state index is 12.2. The molecular formula is C16H24N2O. The van der Waals surface area contributed by atoms with Crippen LogP contribution in [-0.4, -0.2) is 48.9 Å². The second kappa shape index (κ2) is 6.71. The zero-order valence-corrected chi connectivity index (χ0v) is 12.0. The maximum atomic E-state index is 12.2. The average molecular weight is 260 g/mol. The van der Waals surface area contributed by atoms with E-state index >= 15 is 0 Å². The number of likely N-dealkylation sites (tertiary alicyclic amines) is 1. The second-order valence-electron chi connectivity index (χ2n) is 5.56. The van der Waals surface area contributed by atoms with Crippen LogP contribution >= 0.6 is 0 Å². The van der Waals surface area contributed by atoms with Crippen molar-refractivity contribution in [2.24, 2.45) is 0 Å². The summed E-state index contributed by atoms with van der Waals surface area (Å²) in [5, 5.41) is 0. The number of carbonyl (C=O) groups is 1. The molecule has 1 saturated heterocycles. The predicted molar refractivity (Wildman–Crippen MR) is 78.1 cm³/mol. The van der Waals surface area contributed by atoms with E-state index in [-0.39, 0.29) is 0 Å². The molecule has 0 N–H and O–H groups in total. The lowest BCUT2D eigenvalue weighted by atomic mass is 10.0. The van der Waals surface area contributed by atoms with Gasteiger partial charge < -0.3 is 9.80 Å². The molecule has 3 nitrogen and oxygen atoms in total. The highest BCUT2D eigenvalue weighted by molar-refractivity contribution is 5.76. The third-order valence-electron chi connectivity index (χ3n) is 4.02. The first-order valence-corrected chi connectivity index (χ1v) is 7.15. The van der Waals surface area contributed by atoms with Crippen LogP contribution in [0.3, 0.4) is 0 Å². The molecule has 1 aromatic rings. The molecule has 3 heteroatoms. The Morgan fingerprint density at radius 1 is 1.21 bits per heavy atom. The number of carbonyl (C=O) groups excluding carboxylic acids is 1.